The van der Waals surface area contributed by atoms with E-state index in [2.05, 4.69) is 4.74 Å². The highest BCUT2D eigenvalue weighted by atomic mass is 16.5. The number of aliphatic hydroxyl groups excluding tert-OH is 1. The Bertz CT molecular complexity index is 787. The van der Waals surface area contributed by atoms with Crippen molar-refractivity contribution in [3.8, 4) is 0 Å². The normalized spacial score (nSPS) is 33.2. The third-order valence-electron chi connectivity index (χ3n) is 4.93. The van der Waals surface area contributed by atoms with E-state index >= 15 is 0 Å². The van der Waals surface area contributed by atoms with Crippen molar-refractivity contribution in [3.63, 3.8) is 0 Å². The Balaban J connectivity index is 1.73. The molecule has 24 heavy (non-hydrogen) atoms. The average Bonchev–Trinajstić information content (AvgIpc) is 3.25. The zero-order valence-electron chi connectivity index (χ0n) is 12.8. The minimum absolute atomic E-state index is 0.252. The first-order valence-electron chi connectivity index (χ1n) is 7.56. The Labute approximate surface area is 137 Å². The van der Waals surface area contributed by atoms with Gasteiger partial charge in [-0.15, -0.1) is 0 Å². The number of hydrogen-bond donors (Lipinski definition) is 1. The van der Waals surface area contributed by atoms with Crippen molar-refractivity contribution < 1.29 is 29.0 Å². The van der Waals surface area contributed by atoms with Gasteiger partial charge in [0.25, 0.3) is 0 Å². The highest BCUT2D eigenvalue weighted by Crippen LogP contribution is 2.52. The van der Waals surface area contributed by atoms with E-state index in [1.165, 1.54) is 13.2 Å². The summed E-state index contributed by atoms with van der Waals surface area (Å²) in [6.07, 6.45) is 2.88. The first kappa shape index (κ1) is 15.0. The van der Waals surface area contributed by atoms with Crippen molar-refractivity contribution in [1.82, 2.24) is 0 Å². The van der Waals surface area contributed by atoms with Gasteiger partial charge in [0.2, 0.25) is 11.8 Å². The lowest BCUT2D eigenvalue weighted by atomic mass is 9.77. The van der Waals surface area contributed by atoms with Crippen LogP contribution in [0.15, 0.2) is 36.4 Å². The van der Waals surface area contributed by atoms with Crippen LogP contribution in [0.25, 0.3) is 0 Å². The van der Waals surface area contributed by atoms with E-state index in [1.807, 2.05) is 0 Å². The summed E-state index contributed by atoms with van der Waals surface area (Å²) in [6.45, 7) is -0.365. The molecule has 4 atom stereocenters. The molecular weight excluding hydrogens is 314 g/mol. The Morgan fingerprint density at radius 1 is 1.38 bits per heavy atom. The number of carbonyl (C=O) groups excluding carboxylic acids is 3. The van der Waals surface area contributed by atoms with E-state index in [-0.39, 0.29) is 18.1 Å². The van der Waals surface area contributed by atoms with Crippen molar-refractivity contribution in [2.45, 2.75) is 11.7 Å². The van der Waals surface area contributed by atoms with Gasteiger partial charge in [-0.3, -0.25) is 9.59 Å². The number of hydrogen-bond acceptors (Lipinski definition) is 6. The fourth-order valence-corrected chi connectivity index (χ4v) is 3.83. The monoisotopic (exact) mass is 329 g/mol. The van der Waals surface area contributed by atoms with Crippen molar-refractivity contribution in [3.05, 3.63) is 42.0 Å². The smallest absolute Gasteiger partial charge is 0.337 e. The predicted molar refractivity (Wildman–Crippen MR) is 81.1 cm³/mol. The second-order valence-electron chi connectivity index (χ2n) is 6.11. The number of benzene rings is 1. The van der Waals surface area contributed by atoms with E-state index in [9.17, 15) is 19.5 Å². The molecular formula is C17H15NO6. The van der Waals surface area contributed by atoms with Crippen molar-refractivity contribution >= 4 is 23.5 Å². The third-order valence-corrected chi connectivity index (χ3v) is 4.93. The number of esters is 1. The van der Waals surface area contributed by atoms with E-state index in [4.69, 9.17) is 4.74 Å². The maximum absolute atomic E-state index is 12.9. The first-order chi connectivity index (χ1) is 11.5. The second-order valence-corrected chi connectivity index (χ2v) is 6.11. The molecule has 124 valence electrons. The summed E-state index contributed by atoms with van der Waals surface area (Å²) < 4.78 is 10.3. The molecule has 2 amide bonds. The summed E-state index contributed by atoms with van der Waals surface area (Å²) in [5, 5.41) is 9.68. The lowest BCUT2D eigenvalue weighted by Gasteiger charge is -2.26. The van der Waals surface area contributed by atoms with Crippen LogP contribution in [-0.2, 0) is 19.1 Å². The molecule has 1 N–H and O–H groups in total. The van der Waals surface area contributed by atoms with Gasteiger partial charge in [-0.05, 0) is 18.2 Å². The molecule has 1 aromatic carbocycles. The second kappa shape index (κ2) is 4.99. The molecule has 4 rings (SSSR count). The van der Waals surface area contributed by atoms with Gasteiger partial charge in [-0.25, -0.2) is 9.69 Å². The lowest BCUT2D eigenvalue weighted by Crippen LogP contribution is -2.43. The van der Waals surface area contributed by atoms with Crippen LogP contribution in [0.4, 0.5) is 5.69 Å². The summed E-state index contributed by atoms with van der Waals surface area (Å²) >= 11 is 0. The predicted octanol–water partition coefficient (Wildman–Crippen LogP) is 0.278. The van der Waals surface area contributed by atoms with E-state index in [1.54, 1.807) is 30.4 Å². The Morgan fingerprint density at radius 2 is 2.17 bits per heavy atom. The van der Waals surface area contributed by atoms with Crippen molar-refractivity contribution in [1.29, 1.82) is 0 Å². The third kappa shape index (κ3) is 1.76. The largest absolute Gasteiger partial charge is 0.465 e. The molecule has 0 aromatic heterocycles. The molecule has 0 unspecified atom stereocenters. The molecule has 3 heterocycles. The number of amides is 2. The number of nitrogens with zero attached hydrogens (tertiary/aromatic N) is 1. The quantitative estimate of drug-likeness (QED) is 0.486. The van der Waals surface area contributed by atoms with Gasteiger partial charge in [-0.2, -0.15) is 0 Å². The molecule has 2 fully saturated rings. The molecule has 0 spiro atoms. The SMILES string of the molecule is COC(=O)c1cccc(N2C(=O)[C@@H]3[C@@H]4C=C[C@@](CO)(O4)[C@@H]3C2=O)c1. The van der Waals surface area contributed by atoms with Gasteiger partial charge in [0.15, 0.2) is 0 Å². The number of rotatable bonds is 3. The summed E-state index contributed by atoms with van der Waals surface area (Å²) in [6, 6.07) is 6.17. The van der Waals surface area contributed by atoms with Gasteiger partial charge >= 0.3 is 5.97 Å². The molecule has 0 saturated carbocycles. The molecule has 0 radical (unpaired) electrons. The molecule has 7 heteroatoms. The van der Waals surface area contributed by atoms with Gasteiger partial charge in [0.05, 0.1) is 42.9 Å². The molecule has 2 saturated heterocycles. The number of ether oxygens (including phenoxy) is 2. The fourth-order valence-electron chi connectivity index (χ4n) is 3.83. The number of imide groups is 1. The maximum Gasteiger partial charge on any atom is 0.337 e. The highest BCUT2D eigenvalue weighted by molar-refractivity contribution is 6.23. The van der Waals surface area contributed by atoms with E-state index < -0.39 is 35.4 Å². The van der Waals surface area contributed by atoms with Crippen molar-refractivity contribution in [2.24, 2.45) is 11.8 Å². The van der Waals surface area contributed by atoms with Gasteiger partial charge in [-0.1, -0.05) is 18.2 Å². The zero-order valence-corrected chi connectivity index (χ0v) is 12.8. The van der Waals surface area contributed by atoms with Crippen LogP contribution in [0.3, 0.4) is 0 Å². The summed E-state index contributed by atoms with van der Waals surface area (Å²) in [7, 11) is 1.26. The first-order valence-corrected chi connectivity index (χ1v) is 7.56. The average molecular weight is 329 g/mol. The van der Waals surface area contributed by atoms with E-state index in [0.717, 1.165) is 4.90 Å². The number of fused-ring (bicyclic) bond motifs is 5. The number of methoxy groups -OCH3 is 1. The zero-order chi connectivity index (χ0) is 17.1. The van der Waals surface area contributed by atoms with Crippen LogP contribution in [0.2, 0.25) is 0 Å². The van der Waals surface area contributed by atoms with Crippen LogP contribution < -0.4 is 4.90 Å². The molecule has 3 aliphatic heterocycles. The summed E-state index contributed by atoms with van der Waals surface area (Å²) in [5.74, 6) is -2.74. The van der Waals surface area contributed by atoms with Crippen LogP contribution in [0, 0.1) is 11.8 Å². The Kier molecular flexibility index (Phi) is 3.13. The minimum atomic E-state index is -1.13. The Hall–Kier alpha value is -2.51. The summed E-state index contributed by atoms with van der Waals surface area (Å²) in [5.41, 5.74) is -0.562. The Morgan fingerprint density at radius 3 is 2.88 bits per heavy atom. The van der Waals surface area contributed by atoms with Crippen LogP contribution >= 0.6 is 0 Å². The lowest BCUT2D eigenvalue weighted by molar-refractivity contribution is -0.128. The molecule has 0 aliphatic carbocycles. The highest BCUT2D eigenvalue weighted by Gasteiger charge is 2.67. The van der Waals surface area contributed by atoms with Gasteiger partial charge in [0, 0.05) is 0 Å². The maximum atomic E-state index is 12.9. The van der Waals surface area contributed by atoms with E-state index in [0.29, 0.717) is 5.69 Å². The van der Waals surface area contributed by atoms with Crippen molar-refractivity contribution in [2.75, 3.05) is 18.6 Å². The molecule has 1 aromatic rings. The van der Waals surface area contributed by atoms with Gasteiger partial charge < -0.3 is 14.6 Å². The number of carbonyl (C=O) groups is 3. The van der Waals surface area contributed by atoms with Crippen LogP contribution in [-0.4, -0.2) is 48.3 Å². The number of aliphatic hydroxyl groups is 1. The molecule has 3 aliphatic rings. The summed E-state index contributed by atoms with van der Waals surface area (Å²) in [4.78, 5) is 38.4. The molecule has 2 bridgehead atoms. The number of anilines is 1. The van der Waals surface area contributed by atoms with Crippen LogP contribution in [0.1, 0.15) is 10.4 Å². The standard InChI is InChI=1S/C17H15NO6/c1-23-16(22)9-3-2-4-10(7-9)18-14(20)12-11-5-6-17(8-19,24-11)13(12)15(18)21/h2-7,11-13,19H,8H2,1H3/t11-,12+,13-,17-/m0/s1. The molecule has 7 nitrogen and oxygen atoms in total. The minimum Gasteiger partial charge on any atom is -0.465 e. The topological polar surface area (TPSA) is 93.1 Å². The van der Waals surface area contributed by atoms with Gasteiger partial charge in [0.1, 0.15) is 5.60 Å². The van der Waals surface area contributed by atoms with Crippen LogP contribution in [0.5, 0.6) is 0 Å². The fraction of sp³-hybridized carbons (Fsp3) is 0.353.